The number of ether oxygens (including phenoxy) is 1. The van der Waals surface area contributed by atoms with E-state index in [-0.39, 0.29) is 6.04 Å². The fourth-order valence-corrected chi connectivity index (χ4v) is 3.59. The highest BCUT2D eigenvalue weighted by atomic mass is 127. The molecule has 0 saturated carbocycles. The Kier molecular flexibility index (Phi) is 4.33. The molecule has 1 heterocycles. The minimum atomic E-state index is -0.174. The van der Waals surface area contributed by atoms with Crippen LogP contribution in [0, 0.1) is 3.57 Å². The van der Waals surface area contributed by atoms with Crippen molar-refractivity contribution >= 4 is 38.5 Å². The van der Waals surface area contributed by atoms with Gasteiger partial charge in [-0.25, -0.2) is 0 Å². The van der Waals surface area contributed by atoms with Crippen molar-refractivity contribution in [2.45, 2.75) is 18.9 Å². The van der Waals surface area contributed by atoms with Crippen molar-refractivity contribution in [1.82, 2.24) is 0 Å². The first-order chi connectivity index (χ1) is 9.66. The maximum Gasteiger partial charge on any atom is 0.127 e. The van der Waals surface area contributed by atoms with E-state index < -0.39 is 0 Å². The highest BCUT2D eigenvalue weighted by Crippen LogP contribution is 2.36. The van der Waals surface area contributed by atoms with Gasteiger partial charge in [-0.05, 0) is 64.8 Å². The molecule has 1 atom stereocenters. The molecule has 20 heavy (non-hydrogen) atoms. The molecule has 0 amide bonds. The number of para-hydroxylation sites is 1. The molecule has 1 aliphatic heterocycles. The van der Waals surface area contributed by atoms with Crippen LogP contribution in [0.4, 0.5) is 0 Å². The molecular weight excluding hydrogens is 429 g/mol. The Morgan fingerprint density at radius 1 is 1.20 bits per heavy atom. The van der Waals surface area contributed by atoms with Crippen LogP contribution in [-0.4, -0.2) is 6.61 Å². The summed E-state index contributed by atoms with van der Waals surface area (Å²) in [7, 11) is 0. The lowest BCUT2D eigenvalue weighted by molar-refractivity contribution is 0.284. The van der Waals surface area contributed by atoms with Gasteiger partial charge in [0.05, 0.1) is 12.6 Å². The third kappa shape index (κ3) is 2.73. The van der Waals surface area contributed by atoms with Gasteiger partial charge in [0.1, 0.15) is 5.75 Å². The summed E-state index contributed by atoms with van der Waals surface area (Å²) < 4.78 is 8.09. The van der Waals surface area contributed by atoms with Gasteiger partial charge in [-0.2, -0.15) is 0 Å². The highest BCUT2D eigenvalue weighted by molar-refractivity contribution is 14.1. The minimum absolute atomic E-state index is 0.174. The Morgan fingerprint density at radius 2 is 2.05 bits per heavy atom. The average molecular weight is 444 g/mol. The van der Waals surface area contributed by atoms with E-state index in [0.717, 1.165) is 40.8 Å². The molecular formula is C16H15BrINO. The van der Waals surface area contributed by atoms with Crippen LogP contribution < -0.4 is 10.5 Å². The molecule has 2 aromatic rings. The molecule has 0 radical (unpaired) electrons. The lowest BCUT2D eigenvalue weighted by Crippen LogP contribution is -2.17. The Hall–Kier alpha value is -0.590. The van der Waals surface area contributed by atoms with Crippen LogP contribution in [-0.2, 0) is 6.42 Å². The molecule has 3 rings (SSSR count). The van der Waals surface area contributed by atoms with E-state index in [2.05, 4.69) is 68.9 Å². The number of fused-ring (bicyclic) bond motifs is 1. The summed E-state index contributed by atoms with van der Waals surface area (Å²) in [6, 6.07) is 12.3. The summed E-state index contributed by atoms with van der Waals surface area (Å²) in [4.78, 5) is 0. The molecule has 2 nitrogen and oxygen atoms in total. The molecule has 0 fully saturated rings. The van der Waals surface area contributed by atoms with Crippen molar-refractivity contribution in [2.24, 2.45) is 5.73 Å². The van der Waals surface area contributed by atoms with Crippen molar-refractivity contribution in [3.8, 4) is 5.75 Å². The summed E-state index contributed by atoms with van der Waals surface area (Å²) in [6.45, 7) is 0.782. The number of nitrogens with two attached hydrogens (primary N) is 1. The number of hydrogen-bond donors (Lipinski definition) is 1. The Labute approximate surface area is 141 Å². The van der Waals surface area contributed by atoms with Gasteiger partial charge in [-0.15, -0.1) is 0 Å². The van der Waals surface area contributed by atoms with E-state index in [1.165, 1.54) is 9.13 Å². The van der Waals surface area contributed by atoms with Gasteiger partial charge in [0, 0.05) is 13.6 Å². The van der Waals surface area contributed by atoms with Crippen LogP contribution in [0.3, 0.4) is 0 Å². The van der Waals surface area contributed by atoms with E-state index in [9.17, 15) is 0 Å². The summed E-state index contributed by atoms with van der Waals surface area (Å²) in [5.74, 6) is 0.983. The summed E-state index contributed by atoms with van der Waals surface area (Å²) in [5, 5.41) is 0. The predicted octanol–water partition coefficient (Wildman–Crippen LogP) is 4.43. The third-order valence-electron chi connectivity index (χ3n) is 3.59. The first-order valence-electron chi connectivity index (χ1n) is 6.62. The van der Waals surface area contributed by atoms with Gasteiger partial charge in [-0.1, -0.05) is 34.1 Å². The summed E-state index contributed by atoms with van der Waals surface area (Å²) in [5.41, 5.74) is 9.94. The van der Waals surface area contributed by atoms with Crippen LogP contribution in [0.2, 0.25) is 0 Å². The monoisotopic (exact) mass is 443 g/mol. The SMILES string of the molecule is NC(c1cc(I)ccc1Br)c1cccc2c1OCCC2. The van der Waals surface area contributed by atoms with E-state index in [0.29, 0.717) is 0 Å². The summed E-state index contributed by atoms with van der Waals surface area (Å²) in [6.07, 6.45) is 2.15. The molecule has 104 valence electrons. The van der Waals surface area contributed by atoms with Gasteiger partial charge in [-0.3, -0.25) is 0 Å². The van der Waals surface area contributed by atoms with Crippen molar-refractivity contribution < 1.29 is 4.74 Å². The van der Waals surface area contributed by atoms with Crippen LogP contribution in [0.5, 0.6) is 5.75 Å². The van der Waals surface area contributed by atoms with E-state index in [1.807, 2.05) is 6.07 Å². The fraction of sp³-hybridized carbons (Fsp3) is 0.250. The Balaban J connectivity index is 2.06. The van der Waals surface area contributed by atoms with E-state index >= 15 is 0 Å². The molecule has 0 aliphatic carbocycles. The van der Waals surface area contributed by atoms with Crippen LogP contribution in [0.15, 0.2) is 40.9 Å². The molecule has 4 heteroatoms. The molecule has 2 N–H and O–H groups in total. The summed E-state index contributed by atoms with van der Waals surface area (Å²) >= 11 is 5.91. The van der Waals surface area contributed by atoms with Gasteiger partial charge >= 0.3 is 0 Å². The topological polar surface area (TPSA) is 35.2 Å². The van der Waals surface area contributed by atoms with Crippen molar-refractivity contribution in [1.29, 1.82) is 0 Å². The van der Waals surface area contributed by atoms with Crippen molar-refractivity contribution in [3.63, 3.8) is 0 Å². The van der Waals surface area contributed by atoms with E-state index in [4.69, 9.17) is 10.5 Å². The first-order valence-corrected chi connectivity index (χ1v) is 8.49. The molecule has 0 aromatic heterocycles. The van der Waals surface area contributed by atoms with Gasteiger partial charge in [0.2, 0.25) is 0 Å². The molecule has 0 saturated heterocycles. The van der Waals surface area contributed by atoms with E-state index in [1.54, 1.807) is 0 Å². The number of aryl methyl sites for hydroxylation is 1. The zero-order valence-electron chi connectivity index (χ0n) is 10.9. The Bertz CT molecular complexity index is 644. The quantitative estimate of drug-likeness (QED) is 0.697. The standard InChI is InChI=1S/C16H15BrINO/c17-14-7-6-11(18)9-13(14)15(19)12-5-1-3-10-4-2-8-20-16(10)12/h1,3,5-7,9,15H,2,4,8,19H2. The zero-order valence-corrected chi connectivity index (χ0v) is 14.6. The number of rotatable bonds is 2. The van der Waals surface area contributed by atoms with Gasteiger partial charge < -0.3 is 10.5 Å². The highest BCUT2D eigenvalue weighted by Gasteiger charge is 2.21. The minimum Gasteiger partial charge on any atom is -0.493 e. The predicted molar refractivity (Wildman–Crippen MR) is 93.1 cm³/mol. The zero-order chi connectivity index (χ0) is 14.1. The average Bonchev–Trinajstić information content (AvgIpc) is 2.48. The van der Waals surface area contributed by atoms with Gasteiger partial charge in [0.15, 0.2) is 0 Å². The van der Waals surface area contributed by atoms with Crippen LogP contribution in [0.25, 0.3) is 0 Å². The second kappa shape index (κ2) is 6.03. The molecule has 2 aromatic carbocycles. The number of hydrogen-bond acceptors (Lipinski definition) is 2. The number of halogens is 2. The lowest BCUT2D eigenvalue weighted by atomic mass is 9.94. The molecule has 0 spiro atoms. The smallest absolute Gasteiger partial charge is 0.127 e. The third-order valence-corrected chi connectivity index (χ3v) is 4.99. The molecule has 1 aliphatic rings. The fourth-order valence-electron chi connectivity index (χ4n) is 2.58. The second-order valence-corrected chi connectivity index (χ2v) is 7.03. The normalized spacial score (nSPS) is 15.3. The maximum atomic E-state index is 6.50. The van der Waals surface area contributed by atoms with Gasteiger partial charge in [0.25, 0.3) is 0 Å². The maximum absolute atomic E-state index is 6.50. The first kappa shape index (κ1) is 14.4. The van der Waals surface area contributed by atoms with Crippen molar-refractivity contribution in [3.05, 3.63) is 61.1 Å². The Morgan fingerprint density at radius 3 is 2.90 bits per heavy atom. The lowest BCUT2D eigenvalue weighted by Gasteiger charge is -2.24. The largest absolute Gasteiger partial charge is 0.493 e. The van der Waals surface area contributed by atoms with Crippen LogP contribution >= 0.6 is 38.5 Å². The second-order valence-electron chi connectivity index (χ2n) is 4.93. The molecule has 0 bridgehead atoms. The van der Waals surface area contributed by atoms with Crippen molar-refractivity contribution in [2.75, 3.05) is 6.61 Å². The molecule has 1 unspecified atom stereocenters. The number of benzene rings is 2. The van der Waals surface area contributed by atoms with Crippen LogP contribution in [0.1, 0.15) is 29.2 Å².